The molecule has 2 heterocycles. The van der Waals surface area contributed by atoms with Gasteiger partial charge in [-0.3, -0.25) is 10.00 Å². The van der Waals surface area contributed by atoms with Crippen LogP contribution in [0.15, 0.2) is 0 Å². The van der Waals surface area contributed by atoms with E-state index in [1.54, 1.807) is 0 Å². The fraction of sp³-hybridized carbons (Fsp3) is 0.778. The van der Waals surface area contributed by atoms with Crippen LogP contribution in [0.2, 0.25) is 0 Å². The number of nitrogens with zero attached hydrogens (tertiary/aromatic N) is 3. The topological polar surface area (TPSA) is 44.8 Å². The average Bonchev–Trinajstić information content (AvgIpc) is 2.67. The molecular formula is C9H15ClN4S. The Kier molecular flexibility index (Phi) is 3.53. The molecule has 1 fully saturated rings. The van der Waals surface area contributed by atoms with Gasteiger partial charge in [0.2, 0.25) is 0 Å². The van der Waals surface area contributed by atoms with Gasteiger partial charge in [-0.15, -0.1) is 11.6 Å². The Morgan fingerprint density at radius 1 is 1.67 bits per heavy atom. The highest BCUT2D eigenvalue weighted by molar-refractivity contribution is 7.99. The maximum Gasteiger partial charge on any atom is 0.168 e. The maximum atomic E-state index is 5.93. The van der Waals surface area contributed by atoms with Crippen LogP contribution in [0.25, 0.3) is 0 Å². The van der Waals surface area contributed by atoms with E-state index in [9.17, 15) is 0 Å². The smallest absolute Gasteiger partial charge is 0.168 e. The van der Waals surface area contributed by atoms with E-state index in [2.05, 4.69) is 27.1 Å². The van der Waals surface area contributed by atoms with Crippen LogP contribution in [0.5, 0.6) is 0 Å². The number of H-pyrrole nitrogens is 1. The van der Waals surface area contributed by atoms with Crippen molar-refractivity contribution in [1.29, 1.82) is 0 Å². The van der Waals surface area contributed by atoms with Crippen molar-refractivity contribution in [3.05, 3.63) is 11.6 Å². The van der Waals surface area contributed by atoms with Crippen molar-refractivity contribution in [2.75, 3.05) is 25.1 Å². The Labute approximate surface area is 98.8 Å². The lowest BCUT2D eigenvalue weighted by atomic mass is 10.3. The van der Waals surface area contributed by atoms with Gasteiger partial charge in [0.25, 0.3) is 0 Å². The van der Waals surface area contributed by atoms with Crippen LogP contribution >= 0.6 is 23.4 Å². The summed E-state index contributed by atoms with van der Waals surface area (Å²) < 4.78 is 0. The lowest BCUT2D eigenvalue weighted by molar-refractivity contribution is 0.265. The molecule has 0 aliphatic carbocycles. The number of halogens is 1. The molecule has 15 heavy (non-hydrogen) atoms. The molecule has 1 aliphatic rings. The van der Waals surface area contributed by atoms with Crippen molar-refractivity contribution in [3.63, 3.8) is 0 Å². The molecule has 2 unspecified atom stereocenters. The molecule has 0 spiro atoms. The molecule has 1 aliphatic heterocycles. The summed E-state index contributed by atoms with van der Waals surface area (Å²) in [6.45, 7) is 2.98. The maximum absolute atomic E-state index is 5.93. The fourth-order valence-electron chi connectivity index (χ4n) is 1.59. The van der Waals surface area contributed by atoms with Gasteiger partial charge in [0, 0.05) is 18.1 Å². The number of nitrogens with one attached hydrogen (secondary N) is 1. The van der Waals surface area contributed by atoms with Gasteiger partial charge in [-0.05, 0) is 14.0 Å². The summed E-state index contributed by atoms with van der Waals surface area (Å²) in [7, 11) is 2.12. The largest absolute Gasteiger partial charge is 0.295 e. The second-order valence-corrected chi connectivity index (χ2v) is 5.57. The van der Waals surface area contributed by atoms with Gasteiger partial charge in [-0.25, -0.2) is 4.98 Å². The Morgan fingerprint density at radius 2 is 2.47 bits per heavy atom. The summed E-state index contributed by atoms with van der Waals surface area (Å²) in [6, 6.07) is 0.348. The minimum Gasteiger partial charge on any atom is -0.295 e. The van der Waals surface area contributed by atoms with Crippen molar-refractivity contribution in [2.45, 2.75) is 18.3 Å². The zero-order valence-electron chi connectivity index (χ0n) is 8.90. The van der Waals surface area contributed by atoms with Gasteiger partial charge in [0.1, 0.15) is 5.82 Å². The predicted molar refractivity (Wildman–Crippen MR) is 63.3 cm³/mol. The summed E-state index contributed by atoms with van der Waals surface area (Å²) in [4.78, 5) is 6.74. The number of alkyl halides is 1. The van der Waals surface area contributed by atoms with Gasteiger partial charge in [-0.2, -0.15) is 16.9 Å². The van der Waals surface area contributed by atoms with Crippen molar-refractivity contribution in [2.24, 2.45) is 0 Å². The highest BCUT2D eigenvalue weighted by atomic mass is 35.5. The molecule has 0 saturated carbocycles. The molecule has 4 nitrogen and oxygen atoms in total. The van der Waals surface area contributed by atoms with E-state index in [0.29, 0.717) is 11.9 Å². The summed E-state index contributed by atoms with van der Waals surface area (Å²) in [5.74, 6) is 3.89. The molecular weight excluding hydrogens is 232 g/mol. The van der Waals surface area contributed by atoms with Crippen LogP contribution in [0.1, 0.15) is 30.0 Å². The molecule has 0 amide bonds. The predicted octanol–water partition coefficient (Wildman–Crippen LogP) is 1.82. The quantitative estimate of drug-likeness (QED) is 0.809. The second-order valence-electron chi connectivity index (χ2n) is 3.77. The Morgan fingerprint density at radius 3 is 3.07 bits per heavy atom. The van der Waals surface area contributed by atoms with Crippen molar-refractivity contribution in [1.82, 2.24) is 20.1 Å². The lowest BCUT2D eigenvalue weighted by Crippen LogP contribution is -2.33. The highest BCUT2D eigenvalue weighted by Crippen LogP contribution is 2.26. The summed E-state index contributed by atoms with van der Waals surface area (Å²) >= 11 is 7.88. The van der Waals surface area contributed by atoms with E-state index in [1.807, 2.05) is 18.7 Å². The van der Waals surface area contributed by atoms with E-state index < -0.39 is 0 Å². The molecule has 1 aromatic heterocycles. The molecule has 2 atom stereocenters. The second kappa shape index (κ2) is 4.72. The Balaban J connectivity index is 2.13. The average molecular weight is 247 g/mol. The van der Waals surface area contributed by atoms with Crippen molar-refractivity contribution < 1.29 is 0 Å². The first-order valence-electron chi connectivity index (χ1n) is 5.02. The molecule has 1 N–H and O–H groups in total. The number of thioether (sulfide) groups is 1. The third kappa shape index (κ3) is 2.46. The van der Waals surface area contributed by atoms with E-state index in [4.69, 9.17) is 11.6 Å². The van der Waals surface area contributed by atoms with E-state index >= 15 is 0 Å². The van der Waals surface area contributed by atoms with Gasteiger partial charge in [-0.1, -0.05) is 0 Å². The molecule has 0 bridgehead atoms. The zero-order chi connectivity index (χ0) is 10.8. The number of aromatic nitrogens is 3. The lowest BCUT2D eigenvalue weighted by Gasteiger charge is -2.30. The van der Waals surface area contributed by atoms with Crippen LogP contribution < -0.4 is 0 Å². The molecule has 1 saturated heterocycles. The standard InChI is InChI=1S/C9H15ClN4S/c1-6(10)8-11-9(13-12-8)7-5-15-4-3-14(7)2/h6-7H,3-5H2,1-2H3,(H,11,12,13). The molecule has 0 radical (unpaired) electrons. The van der Waals surface area contributed by atoms with Crippen LogP contribution in [-0.4, -0.2) is 45.2 Å². The first-order valence-corrected chi connectivity index (χ1v) is 6.62. The monoisotopic (exact) mass is 246 g/mol. The van der Waals surface area contributed by atoms with Gasteiger partial charge in [0.15, 0.2) is 5.82 Å². The number of rotatable bonds is 2. The zero-order valence-corrected chi connectivity index (χ0v) is 10.5. The molecule has 1 aromatic rings. The minimum atomic E-state index is -0.128. The van der Waals surface area contributed by atoms with Gasteiger partial charge < -0.3 is 0 Å². The van der Waals surface area contributed by atoms with E-state index in [-0.39, 0.29) is 5.38 Å². The highest BCUT2D eigenvalue weighted by Gasteiger charge is 2.24. The summed E-state index contributed by atoms with van der Waals surface area (Å²) in [5.41, 5.74) is 0. The van der Waals surface area contributed by atoms with Crippen LogP contribution in [0, 0.1) is 0 Å². The SMILES string of the molecule is CC(Cl)c1n[nH]c(C2CSCCN2C)n1. The number of hydrogen-bond donors (Lipinski definition) is 1. The van der Waals surface area contributed by atoms with Crippen molar-refractivity contribution in [3.8, 4) is 0 Å². The Hall–Kier alpha value is -0.260. The first-order chi connectivity index (χ1) is 7.18. The first kappa shape index (κ1) is 11.2. The van der Waals surface area contributed by atoms with Gasteiger partial charge >= 0.3 is 0 Å². The third-order valence-corrected chi connectivity index (χ3v) is 3.81. The number of aromatic amines is 1. The summed E-state index contributed by atoms with van der Waals surface area (Å²) in [6.07, 6.45) is 0. The van der Waals surface area contributed by atoms with E-state index in [0.717, 1.165) is 18.1 Å². The Bertz CT molecular complexity index is 328. The van der Waals surface area contributed by atoms with Crippen LogP contribution in [0.4, 0.5) is 0 Å². The molecule has 84 valence electrons. The molecule has 6 heteroatoms. The fourth-order valence-corrected chi connectivity index (χ4v) is 2.91. The number of hydrogen-bond acceptors (Lipinski definition) is 4. The van der Waals surface area contributed by atoms with Crippen LogP contribution in [0.3, 0.4) is 0 Å². The molecule has 0 aromatic carbocycles. The third-order valence-electron chi connectivity index (χ3n) is 2.59. The normalized spacial score (nSPS) is 25.4. The van der Waals surface area contributed by atoms with Crippen molar-refractivity contribution >= 4 is 23.4 Å². The van der Waals surface area contributed by atoms with Crippen LogP contribution in [-0.2, 0) is 0 Å². The van der Waals surface area contributed by atoms with E-state index in [1.165, 1.54) is 5.75 Å². The van der Waals surface area contributed by atoms with Gasteiger partial charge in [0.05, 0.1) is 11.4 Å². The molecule has 2 rings (SSSR count). The minimum absolute atomic E-state index is 0.128. The summed E-state index contributed by atoms with van der Waals surface area (Å²) in [5, 5.41) is 6.98.